The van der Waals surface area contributed by atoms with E-state index in [-0.39, 0.29) is 12.1 Å². The zero-order chi connectivity index (χ0) is 27.2. The fourth-order valence-corrected chi connectivity index (χ4v) is 4.76. The molecule has 0 aliphatic carbocycles. The minimum atomic E-state index is 0.214. The summed E-state index contributed by atoms with van der Waals surface area (Å²) < 4.78 is 3.56. The largest absolute Gasteiger partial charge is 0.373 e. The van der Waals surface area contributed by atoms with Crippen molar-refractivity contribution in [2.75, 3.05) is 26.2 Å². The van der Waals surface area contributed by atoms with Crippen molar-refractivity contribution in [2.45, 2.75) is 47.1 Å². The van der Waals surface area contributed by atoms with Gasteiger partial charge in [-0.2, -0.15) is 19.2 Å². The Morgan fingerprint density at radius 3 is 2.26 bits per heavy atom. The van der Waals surface area contributed by atoms with Crippen LogP contribution in [0.1, 0.15) is 40.3 Å². The molecule has 0 saturated carbocycles. The standard InChI is InChI=1S/C26H32N8O.CO2/c1-18-5-7-22(8-6-18)17-31-13-15-32(16-14-31)26(35)12-9-23-19(2)29-33(20(23)3)25-11-10-24-28-27-21(4)34(24)30-25;2-1-3/h5-8,10-11H,9,12-17H2,1-4H3;. The molecule has 11 nitrogen and oxygen atoms in total. The average molecular weight is 517 g/mol. The lowest BCUT2D eigenvalue weighted by atomic mass is 10.1. The van der Waals surface area contributed by atoms with Crippen LogP contribution in [-0.4, -0.2) is 77.6 Å². The minimum Gasteiger partial charge on any atom is -0.340 e. The van der Waals surface area contributed by atoms with E-state index in [0.717, 1.165) is 55.5 Å². The molecule has 1 amide bonds. The fourth-order valence-electron chi connectivity index (χ4n) is 4.76. The normalized spacial score (nSPS) is 13.7. The summed E-state index contributed by atoms with van der Waals surface area (Å²) in [5.41, 5.74) is 6.36. The summed E-state index contributed by atoms with van der Waals surface area (Å²) in [7, 11) is 0. The quantitative estimate of drug-likeness (QED) is 0.383. The molecule has 1 aromatic carbocycles. The van der Waals surface area contributed by atoms with E-state index < -0.39 is 0 Å². The summed E-state index contributed by atoms with van der Waals surface area (Å²) in [6.45, 7) is 12.3. The van der Waals surface area contributed by atoms with Crippen LogP contribution in [-0.2, 0) is 27.3 Å². The fraction of sp³-hybridized carbons (Fsp3) is 0.407. The third-order valence-electron chi connectivity index (χ3n) is 6.90. The van der Waals surface area contributed by atoms with Crippen LogP contribution in [0.3, 0.4) is 0 Å². The number of nitrogens with zero attached hydrogens (tertiary/aromatic N) is 8. The van der Waals surface area contributed by atoms with Gasteiger partial charge in [0.1, 0.15) is 0 Å². The Morgan fingerprint density at radius 1 is 0.895 bits per heavy atom. The molecule has 1 saturated heterocycles. The molecule has 5 rings (SSSR count). The molecule has 0 spiro atoms. The number of aromatic nitrogens is 6. The molecule has 1 fully saturated rings. The first-order valence-corrected chi connectivity index (χ1v) is 12.6. The number of amides is 1. The first-order chi connectivity index (χ1) is 18.3. The lowest BCUT2D eigenvalue weighted by Gasteiger charge is -2.35. The van der Waals surface area contributed by atoms with Crippen LogP contribution in [0.5, 0.6) is 0 Å². The van der Waals surface area contributed by atoms with Crippen molar-refractivity contribution in [3.8, 4) is 5.82 Å². The van der Waals surface area contributed by atoms with Crippen molar-refractivity contribution >= 4 is 17.7 Å². The highest BCUT2D eigenvalue weighted by molar-refractivity contribution is 5.76. The molecular weight excluding hydrogens is 484 g/mol. The second-order valence-electron chi connectivity index (χ2n) is 9.50. The van der Waals surface area contributed by atoms with Crippen LogP contribution in [0.4, 0.5) is 0 Å². The van der Waals surface area contributed by atoms with Crippen molar-refractivity contribution in [3.05, 3.63) is 70.3 Å². The lowest BCUT2D eigenvalue weighted by molar-refractivity contribution is -0.191. The summed E-state index contributed by atoms with van der Waals surface area (Å²) in [6, 6.07) is 12.5. The van der Waals surface area contributed by atoms with Crippen molar-refractivity contribution in [1.29, 1.82) is 0 Å². The van der Waals surface area contributed by atoms with Crippen molar-refractivity contribution in [3.63, 3.8) is 0 Å². The number of piperazine rings is 1. The van der Waals surface area contributed by atoms with Gasteiger partial charge in [-0.15, -0.1) is 15.3 Å². The maximum atomic E-state index is 13.0. The number of carbonyl (C=O) groups excluding carboxylic acids is 3. The van der Waals surface area contributed by atoms with Gasteiger partial charge in [-0.1, -0.05) is 29.8 Å². The first-order valence-electron chi connectivity index (χ1n) is 12.6. The predicted octanol–water partition coefficient (Wildman–Crippen LogP) is 2.24. The van der Waals surface area contributed by atoms with E-state index in [4.69, 9.17) is 14.7 Å². The van der Waals surface area contributed by atoms with E-state index in [9.17, 15) is 4.79 Å². The molecule has 38 heavy (non-hydrogen) atoms. The maximum absolute atomic E-state index is 13.0. The number of aryl methyl sites for hydroxylation is 3. The SMILES string of the molecule is Cc1ccc(CN2CCN(C(=O)CCc3c(C)nn(-c4ccc5nnc(C)n5n4)c3C)CC2)cc1.O=C=O. The number of fused-ring (bicyclic) bond motifs is 1. The highest BCUT2D eigenvalue weighted by atomic mass is 16.2. The minimum absolute atomic E-state index is 0.214. The second kappa shape index (κ2) is 11.9. The Bertz CT molecular complexity index is 1440. The van der Waals surface area contributed by atoms with E-state index in [2.05, 4.69) is 51.4 Å². The summed E-state index contributed by atoms with van der Waals surface area (Å²) >= 11 is 0. The molecular formula is C27H32N8O3. The zero-order valence-electron chi connectivity index (χ0n) is 22.2. The Kier molecular flexibility index (Phi) is 8.40. The number of benzene rings is 1. The van der Waals surface area contributed by atoms with Gasteiger partial charge in [0.15, 0.2) is 17.3 Å². The number of hydrogen-bond acceptors (Lipinski definition) is 8. The third-order valence-corrected chi connectivity index (χ3v) is 6.90. The predicted molar refractivity (Wildman–Crippen MR) is 138 cm³/mol. The van der Waals surface area contributed by atoms with Crippen molar-refractivity contribution in [1.82, 2.24) is 39.4 Å². The highest BCUT2D eigenvalue weighted by Crippen LogP contribution is 2.20. The third kappa shape index (κ3) is 6.01. The lowest BCUT2D eigenvalue weighted by Crippen LogP contribution is -2.48. The second-order valence-corrected chi connectivity index (χ2v) is 9.50. The molecule has 0 unspecified atom stereocenters. The van der Waals surface area contributed by atoms with Gasteiger partial charge in [0.2, 0.25) is 5.91 Å². The first kappa shape index (κ1) is 26.8. The molecule has 0 N–H and O–H groups in total. The maximum Gasteiger partial charge on any atom is 0.373 e. The van der Waals surface area contributed by atoms with Crippen LogP contribution in [0.25, 0.3) is 11.5 Å². The van der Waals surface area contributed by atoms with Gasteiger partial charge in [0.05, 0.1) is 5.69 Å². The molecule has 0 radical (unpaired) electrons. The number of carbonyl (C=O) groups is 1. The Hall–Kier alpha value is -4.21. The highest BCUT2D eigenvalue weighted by Gasteiger charge is 2.22. The topological polar surface area (TPSA) is 119 Å². The number of hydrogen-bond donors (Lipinski definition) is 0. The molecule has 198 valence electrons. The summed E-state index contributed by atoms with van der Waals surface area (Å²) in [4.78, 5) is 33.7. The van der Waals surface area contributed by atoms with Crippen LogP contribution in [0, 0.1) is 27.7 Å². The molecule has 4 aromatic rings. The summed E-state index contributed by atoms with van der Waals surface area (Å²) in [6.07, 6.45) is 1.41. The molecule has 4 heterocycles. The van der Waals surface area contributed by atoms with E-state index in [1.54, 1.807) is 4.52 Å². The van der Waals surface area contributed by atoms with Gasteiger partial charge in [0, 0.05) is 44.8 Å². The molecule has 1 aliphatic rings. The van der Waals surface area contributed by atoms with E-state index >= 15 is 0 Å². The molecule has 11 heteroatoms. The van der Waals surface area contributed by atoms with Gasteiger partial charge in [-0.3, -0.25) is 9.69 Å². The van der Waals surface area contributed by atoms with Crippen LogP contribution < -0.4 is 0 Å². The Balaban J connectivity index is 0.00000107. The van der Waals surface area contributed by atoms with Crippen molar-refractivity contribution in [2.24, 2.45) is 0 Å². The van der Waals surface area contributed by atoms with Crippen LogP contribution in [0.15, 0.2) is 36.4 Å². The Morgan fingerprint density at radius 2 is 1.58 bits per heavy atom. The van der Waals surface area contributed by atoms with Gasteiger partial charge < -0.3 is 4.90 Å². The van der Waals surface area contributed by atoms with Crippen LogP contribution in [0.2, 0.25) is 0 Å². The summed E-state index contributed by atoms with van der Waals surface area (Å²) in [5.74, 6) is 1.66. The van der Waals surface area contributed by atoms with Gasteiger partial charge in [0.25, 0.3) is 0 Å². The van der Waals surface area contributed by atoms with Gasteiger partial charge in [-0.05, 0) is 57.4 Å². The summed E-state index contributed by atoms with van der Waals surface area (Å²) in [5, 5.41) is 17.5. The zero-order valence-corrected chi connectivity index (χ0v) is 22.2. The molecule has 3 aromatic heterocycles. The van der Waals surface area contributed by atoms with Crippen LogP contribution >= 0.6 is 0 Å². The average Bonchev–Trinajstić information content (AvgIpc) is 3.42. The monoisotopic (exact) mass is 516 g/mol. The smallest absolute Gasteiger partial charge is 0.340 e. The number of rotatable bonds is 6. The molecule has 0 bridgehead atoms. The van der Waals surface area contributed by atoms with E-state index in [1.807, 2.05) is 42.5 Å². The van der Waals surface area contributed by atoms with Gasteiger partial charge >= 0.3 is 6.15 Å². The van der Waals surface area contributed by atoms with E-state index in [1.165, 1.54) is 11.1 Å². The Labute approximate surface area is 221 Å². The van der Waals surface area contributed by atoms with E-state index in [0.29, 0.717) is 24.3 Å². The van der Waals surface area contributed by atoms with Gasteiger partial charge in [-0.25, -0.2) is 4.68 Å². The molecule has 1 aliphatic heterocycles. The molecule has 0 atom stereocenters. The van der Waals surface area contributed by atoms with Crippen molar-refractivity contribution < 1.29 is 14.4 Å².